The first-order chi connectivity index (χ1) is 13.4. The largest absolute Gasteiger partial charge is 0.363 e. The highest BCUT2D eigenvalue weighted by Gasteiger charge is 2.13. The Morgan fingerprint density at radius 2 is 2.04 bits per heavy atom. The Morgan fingerprint density at radius 1 is 1.21 bits per heavy atom. The Morgan fingerprint density at radius 3 is 2.79 bits per heavy atom. The molecule has 0 radical (unpaired) electrons. The van der Waals surface area contributed by atoms with Crippen LogP contribution in [-0.4, -0.2) is 19.7 Å². The average molecular weight is 394 g/mol. The van der Waals surface area contributed by atoms with Crippen molar-refractivity contribution in [3.05, 3.63) is 75.4 Å². The molecule has 0 saturated carbocycles. The van der Waals surface area contributed by atoms with Crippen molar-refractivity contribution >= 4 is 28.3 Å². The Labute approximate surface area is 167 Å². The van der Waals surface area contributed by atoms with Crippen LogP contribution in [-0.2, 0) is 7.05 Å². The molecule has 3 aromatic heterocycles. The maximum absolute atomic E-state index is 12.5. The van der Waals surface area contributed by atoms with Gasteiger partial charge in [0.25, 0.3) is 5.56 Å². The third kappa shape index (κ3) is 3.39. The number of H-pyrrole nitrogens is 1. The maximum atomic E-state index is 12.5. The summed E-state index contributed by atoms with van der Waals surface area (Å²) in [5.74, 6) is 0.693. The van der Waals surface area contributed by atoms with Crippen LogP contribution in [0.3, 0.4) is 0 Å². The number of pyridine rings is 2. The van der Waals surface area contributed by atoms with Crippen molar-refractivity contribution in [1.29, 1.82) is 0 Å². The lowest BCUT2D eigenvalue weighted by Crippen LogP contribution is -2.19. The summed E-state index contributed by atoms with van der Waals surface area (Å²) in [6.45, 7) is 3.96. The number of rotatable bonds is 4. The molecule has 2 N–H and O–H groups in total. The molecule has 0 fully saturated rings. The van der Waals surface area contributed by atoms with Crippen molar-refractivity contribution in [2.24, 2.45) is 7.05 Å². The number of aromatic nitrogens is 4. The van der Waals surface area contributed by atoms with Crippen LogP contribution < -0.4 is 10.9 Å². The van der Waals surface area contributed by atoms with Gasteiger partial charge in [-0.1, -0.05) is 11.6 Å². The molecule has 0 unspecified atom stereocenters. The number of nitrogens with zero attached hydrogens (tertiary/aromatic N) is 3. The van der Waals surface area contributed by atoms with Gasteiger partial charge in [0.1, 0.15) is 5.82 Å². The molecule has 1 atom stereocenters. The molecule has 28 heavy (non-hydrogen) atoms. The Balaban J connectivity index is 1.65. The Hall–Kier alpha value is -3.12. The zero-order valence-electron chi connectivity index (χ0n) is 15.8. The van der Waals surface area contributed by atoms with Gasteiger partial charge < -0.3 is 10.3 Å². The molecule has 1 aromatic carbocycles. The smallest absolute Gasteiger partial charge is 0.253 e. The van der Waals surface area contributed by atoms with E-state index in [1.54, 1.807) is 12.3 Å². The number of aryl methyl sites for hydroxylation is 1. The van der Waals surface area contributed by atoms with Crippen LogP contribution in [0, 0.1) is 6.92 Å². The van der Waals surface area contributed by atoms with Crippen molar-refractivity contribution in [1.82, 2.24) is 19.7 Å². The van der Waals surface area contributed by atoms with Crippen LogP contribution in [0.1, 0.15) is 24.2 Å². The molecule has 0 aliphatic heterocycles. The molecular formula is C21H20ClN5O. The van der Waals surface area contributed by atoms with E-state index in [-0.39, 0.29) is 11.6 Å². The lowest BCUT2D eigenvalue weighted by Gasteiger charge is -2.15. The van der Waals surface area contributed by atoms with E-state index in [9.17, 15) is 4.79 Å². The minimum atomic E-state index is -0.232. The first kappa shape index (κ1) is 18.3. The predicted molar refractivity (Wildman–Crippen MR) is 113 cm³/mol. The molecule has 7 heteroatoms. The van der Waals surface area contributed by atoms with Crippen molar-refractivity contribution in [2.45, 2.75) is 19.9 Å². The number of anilines is 1. The molecule has 0 spiro atoms. The minimum absolute atomic E-state index is 0.130. The van der Waals surface area contributed by atoms with Gasteiger partial charge in [-0.05, 0) is 55.8 Å². The van der Waals surface area contributed by atoms with Gasteiger partial charge in [-0.25, -0.2) is 4.98 Å². The second-order valence-corrected chi connectivity index (χ2v) is 7.28. The number of halogens is 1. The highest BCUT2D eigenvalue weighted by molar-refractivity contribution is 6.31. The maximum Gasteiger partial charge on any atom is 0.253 e. The number of hydrogen-bond donors (Lipinski definition) is 2. The summed E-state index contributed by atoms with van der Waals surface area (Å²) >= 11 is 6.09. The lowest BCUT2D eigenvalue weighted by atomic mass is 10.1. The normalized spacial score (nSPS) is 12.3. The van der Waals surface area contributed by atoms with E-state index in [4.69, 9.17) is 11.6 Å². The number of benzene rings is 1. The van der Waals surface area contributed by atoms with E-state index in [0.29, 0.717) is 16.4 Å². The summed E-state index contributed by atoms with van der Waals surface area (Å²) in [5.41, 5.74) is 4.41. The van der Waals surface area contributed by atoms with Gasteiger partial charge in [-0.2, -0.15) is 5.10 Å². The number of nitrogens with one attached hydrogen (secondary N) is 2. The standard InChI is InChI=1S/C21H20ClN5O/c1-12(17-9-15-8-16(22)4-5-19(15)26-21(17)28)25-20-10-14(6-7-23-20)18-11-24-27(3)13(18)2/h4-12H,1-3H3,(H,23,25)(H,26,28)/t12-/m0/s1. The Bertz CT molecular complexity index is 1230. The first-order valence-corrected chi connectivity index (χ1v) is 9.34. The quantitative estimate of drug-likeness (QED) is 0.536. The predicted octanol–water partition coefficient (Wildman–Crippen LogP) is 4.46. The number of hydrogen-bond acceptors (Lipinski definition) is 4. The van der Waals surface area contributed by atoms with E-state index in [0.717, 1.165) is 27.7 Å². The van der Waals surface area contributed by atoms with Crippen molar-refractivity contribution < 1.29 is 0 Å². The fraction of sp³-hybridized carbons (Fsp3) is 0.190. The van der Waals surface area contributed by atoms with Crippen molar-refractivity contribution in [2.75, 3.05) is 5.32 Å². The summed E-state index contributed by atoms with van der Waals surface area (Å²) in [5, 5.41) is 9.15. The van der Waals surface area contributed by atoms with Crippen LogP contribution in [0.5, 0.6) is 0 Å². The fourth-order valence-electron chi connectivity index (χ4n) is 3.27. The second kappa shape index (κ2) is 7.13. The molecule has 0 bridgehead atoms. The molecule has 0 aliphatic carbocycles. The van der Waals surface area contributed by atoms with Crippen LogP contribution in [0.2, 0.25) is 5.02 Å². The lowest BCUT2D eigenvalue weighted by molar-refractivity contribution is 0.740. The van der Waals surface area contributed by atoms with Gasteiger partial charge in [0.05, 0.1) is 12.2 Å². The fourth-order valence-corrected chi connectivity index (χ4v) is 3.46. The van der Waals surface area contributed by atoms with Crippen molar-refractivity contribution in [3.63, 3.8) is 0 Å². The Kier molecular flexibility index (Phi) is 4.65. The zero-order chi connectivity index (χ0) is 19.8. The number of fused-ring (bicyclic) bond motifs is 1. The van der Waals surface area contributed by atoms with Gasteiger partial charge in [-0.3, -0.25) is 9.48 Å². The van der Waals surface area contributed by atoms with E-state index in [1.807, 2.05) is 62.1 Å². The topological polar surface area (TPSA) is 75.6 Å². The summed E-state index contributed by atoms with van der Waals surface area (Å²) < 4.78 is 1.84. The van der Waals surface area contributed by atoms with E-state index in [1.165, 1.54) is 0 Å². The zero-order valence-corrected chi connectivity index (χ0v) is 16.6. The monoisotopic (exact) mass is 393 g/mol. The van der Waals surface area contributed by atoms with Gasteiger partial charge in [0, 0.05) is 46.0 Å². The van der Waals surface area contributed by atoms with Crippen LogP contribution in [0.4, 0.5) is 5.82 Å². The average Bonchev–Trinajstić information content (AvgIpc) is 3.00. The third-order valence-electron chi connectivity index (χ3n) is 4.97. The SMILES string of the molecule is Cc1c(-c2ccnc(N[C@@H](C)c3cc4cc(Cl)ccc4[nH]c3=O)c2)cnn1C. The highest BCUT2D eigenvalue weighted by atomic mass is 35.5. The summed E-state index contributed by atoms with van der Waals surface area (Å²) in [6.07, 6.45) is 3.59. The van der Waals surface area contributed by atoms with Crippen LogP contribution in [0.15, 0.2) is 53.6 Å². The number of aromatic amines is 1. The van der Waals surface area contributed by atoms with E-state index < -0.39 is 0 Å². The molecule has 0 aliphatic rings. The van der Waals surface area contributed by atoms with Crippen LogP contribution >= 0.6 is 11.6 Å². The summed E-state index contributed by atoms with van der Waals surface area (Å²) in [6, 6.07) is 11.0. The molecule has 4 rings (SSSR count). The summed E-state index contributed by atoms with van der Waals surface area (Å²) in [7, 11) is 1.92. The van der Waals surface area contributed by atoms with E-state index in [2.05, 4.69) is 20.4 Å². The molecule has 3 heterocycles. The second-order valence-electron chi connectivity index (χ2n) is 6.85. The molecule has 142 valence electrons. The van der Waals surface area contributed by atoms with E-state index >= 15 is 0 Å². The summed E-state index contributed by atoms with van der Waals surface area (Å²) in [4.78, 5) is 19.8. The third-order valence-corrected chi connectivity index (χ3v) is 5.21. The van der Waals surface area contributed by atoms with Crippen molar-refractivity contribution in [3.8, 4) is 11.1 Å². The van der Waals surface area contributed by atoms with Gasteiger partial charge in [-0.15, -0.1) is 0 Å². The van der Waals surface area contributed by atoms with Gasteiger partial charge in [0.15, 0.2) is 0 Å². The highest BCUT2D eigenvalue weighted by Crippen LogP contribution is 2.26. The molecule has 0 saturated heterocycles. The molecular weight excluding hydrogens is 374 g/mol. The van der Waals surface area contributed by atoms with Gasteiger partial charge >= 0.3 is 0 Å². The molecule has 6 nitrogen and oxygen atoms in total. The molecule has 4 aromatic rings. The first-order valence-electron chi connectivity index (χ1n) is 8.96. The molecule has 0 amide bonds. The van der Waals surface area contributed by atoms with Gasteiger partial charge in [0.2, 0.25) is 0 Å². The minimum Gasteiger partial charge on any atom is -0.363 e. The van der Waals surface area contributed by atoms with Crippen LogP contribution in [0.25, 0.3) is 22.0 Å².